The molecule has 0 aromatic carbocycles. The average molecular weight is 294 g/mol. The van der Waals surface area contributed by atoms with Gasteiger partial charge in [-0.3, -0.25) is 9.82 Å². The maximum Gasteiger partial charge on any atom is 0.302 e. The maximum absolute atomic E-state index is 12.7. The minimum atomic E-state index is -3.82. The summed E-state index contributed by atoms with van der Waals surface area (Å²) in [6.07, 6.45) is -1.29. The summed E-state index contributed by atoms with van der Waals surface area (Å²) in [6.45, 7) is 3.68. The van der Waals surface area contributed by atoms with Gasteiger partial charge in [-0.05, 0) is 26.7 Å². The predicted molar refractivity (Wildman–Crippen MR) is 66.2 cm³/mol. The fourth-order valence-electron chi connectivity index (χ4n) is 2.19. The quantitative estimate of drug-likeness (QED) is 0.888. The second-order valence-electron chi connectivity index (χ2n) is 4.62. The van der Waals surface area contributed by atoms with Gasteiger partial charge >= 0.3 is 10.2 Å². The van der Waals surface area contributed by atoms with Crippen molar-refractivity contribution in [2.75, 3.05) is 11.3 Å². The van der Waals surface area contributed by atoms with Gasteiger partial charge in [-0.2, -0.15) is 17.8 Å². The topological polar surface area (TPSA) is 78.1 Å². The minimum absolute atomic E-state index is 0.125. The molecular weight excluding hydrogens is 278 g/mol. The van der Waals surface area contributed by atoms with Crippen LogP contribution < -0.4 is 4.72 Å². The zero-order valence-electron chi connectivity index (χ0n) is 10.7. The molecule has 1 fully saturated rings. The number of aromatic amines is 1. The van der Waals surface area contributed by atoms with Crippen molar-refractivity contribution in [2.24, 2.45) is 0 Å². The number of alkyl halides is 2. The van der Waals surface area contributed by atoms with Crippen molar-refractivity contribution in [3.05, 3.63) is 11.4 Å². The summed E-state index contributed by atoms with van der Waals surface area (Å²) in [6, 6.07) is -0.125. The Hall–Kier alpha value is -1.22. The summed E-state index contributed by atoms with van der Waals surface area (Å²) < 4.78 is 53.3. The van der Waals surface area contributed by atoms with Gasteiger partial charge in [-0.25, -0.2) is 8.78 Å². The van der Waals surface area contributed by atoms with Crippen molar-refractivity contribution in [3.8, 4) is 0 Å². The smallest absolute Gasteiger partial charge is 0.280 e. The van der Waals surface area contributed by atoms with E-state index in [1.807, 2.05) is 0 Å². The van der Waals surface area contributed by atoms with Gasteiger partial charge in [0.1, 0.15) is 0 Å². The van der Waals surface area contributed by atoms with E-state index in [-0.39, 0.29) is 17.4 Å². The summed E-state index contributed by atoms with van der Waals surface area (Å²) in [5, 5.41) is 5.79. The van der Waals surface area contributed by atoms with Crippen LogP contribution >= 0.6 is 0 Å². The number of nitrogens with zero attached hydrogens (tertiary/aromatic N) is 2. The first-order valence-electron chi connectivity index (χ1n) is 5.95. The Morgan fingerprint density at radius 3 is 2.74 bits per heavy atom. The van der Waals surface area contributed by atoms with E-state index in [2.05, 4.69) is 14.9 Å². The van der Waals surface area contributed by atoms with Gasteiger partial charge < -0.3 is 0 Å². The minimum Gasteiger partial charge on any atom is -0.280 e. The van der Waals surface area contributed by atoms with Crippen LogP contribution in [0.4, 0.5) is 14.5 Å². The number of nitrogens with one attached hydrogen (secondary N) is 2. The number of halogens is 2. The third kappa shape index (κ3) is 2.71. The van der Waals surface area contributed by atoms with E-state index in [0.29, 0.717) is 6.54 Å². The van der Waals surface area contributed by atoms with Crippen molar-refractivity contribution in [1.29, 1.82) is 0 Å². The molecule has 1 saturated heterocycles. The molecule has 6 nitrogen and oxygen atoms in total. The summed E-state index contributed by atoms with van der Waals surface area (Å²) in [4.78, 5) is 0. The van der Waals surface area contributed by atoms with E-state index in [0.717, 1.165) is 12.8 Å². The number of aromatic nitrogens is 2. The van der Waals surface area contributed by atoms with Crippen LogP contribution in [0.5, 0.6) is 0 Å². The summed E-state index contributed by atoms with van der Waals surface area (Å²) in [5.41, 5.74) is -0.465. The van der Waals surface area contributed by atoms with Crippen molar-refractivity contribution in [3.63, 3.8) is 0 Å². The lowest BCUT2D eigenvalue weighted by Gasteiger charge is -2.21. The fourth-order valence-corrected chi connectivity index (χ4v) is 3.77. The third-order valence-electron chi connectivity index (χ3n) is 3.21. The Labute approximate surface area is 110 Å². The first-order valence-corrected chi connectivity index (χ1v) is 7.39. The molecule has 1 aliphatic rings. The molecule has 0 amide bonds. The van der Waals surface area contributed by atoms with Crippen molar-refractivity contribution in [2.45, 2.75) is 39.2 Å². The fraction of sp³-hybridized carbons (Fsp3) is 0.700. The number of aryl methyl sites for hydroxylation is 1. The molecule has 2 N–H and O–H groups in total. The van der Waals surface area contributed by atoms with Crippen LogP contribution in [0.15, 0.2) is 0 Å². The van der Waals surface area contributed by atoms with Gasteiger partial charge in [-0.15, -0.1) is 0 Å². The Bertz CT molecular complexity index is 558. The van der Waals surface area contributed by atoms with Crippen LogP contribution in [0.25, 0.3) is 0 Å². The zero-order chi connectivity index (χ0) is 14.2. The highest BCUT2D eigenvalue weighted by Crippen LogP contribution is 2.30. The van der Waals surface area contributed by atoms with E-state index < -0.39 is 22.3 Å². The summed E-state index contributed by atoms with van der Waals surface area (Å²) in [7, 11) is -3.82. The van der Waals surface area contributed by atoms with E-state index in [9.17, 15) is 17.2 Å². The monoisotopic (exact) mass is 294 g/mol. The second-order valence-corrected chi connectivity index (χ2v) is 6.24. The molecule has 0 aliphatic carbocycles. The molecule has 0 saturated carbocycles. The molecule has 9 heteroatoms. The van der Waals surface area contributed by atoms with Crippen molar-refractivity contribution >= 4 is 15.9 Å². The normalized spacial score (nSPS) is 21.2. The van der Waals surface area contributed by atoms with Crippen LogP contribution in [0, 0.1) is 6.92 Å². The molecule has 108 valence electrons. The lowest BCUT2D eigenvalue weighted by Crippen LogP contribution is -2.38. The number of anilines is 1. The molecule has 19 heavy (non-hydrogen) atoms. The zero-order valence-corrected chi connectivity index (χ0v) is 11.5. The number of rotatable bonds is 4. The maximum atomic E-state index is 12.7. The Morgan fingerprint density at radius 1 is 1.53 bits per heavy atom. The molecule has 1 aliphatic heterocycles. The van der Waals surface area contributed by atoms with Crippen LogP contribution in [0.1, 0.15) is 37.6 Å². The average Bonchev–Trinajstić information content (AvgIpc) is 2.86. The molecule has 1 unspecified atom stereocenters. The van der Waals surface area contributed by atoms with E-state index in [1.165, 1.54) is 11.2 Å². The highest BCUT2D eigenvalue weighted by atomic mass is 32.2. The molecule has 1 aromatic heterocycles. The van der Waals surface area contributed by atoms with Gasteiger partial charge in [0.2, 0.25) is 0 Å². The van der Waals surface area contributed by atoms with Gasteiger partial charge in [0.05, 0.1) is 11.4 Å². The molecule has 0 radical (unpaired) electrons. The van der Waals surface area contributed by atoms with E-state index >= 15 is 0 Å². The highest BCUT2D eigenvalue weighted by Gasteiger charge is 2.33. The van der Waals surface area contributed by atoms with Crippen LogP contribution in [-0.4, -0.2) is 35.5 Å². The molecule has 2 heterocycles. The molecule has 1 aromatic rings. The molecule has 1 atom stereocenters. The van der Waals surface area contributed by atoms with Gasteiger partial charge in [-0.1, -0.05) is 0 Å². The third-order valence-corrected chi connectivity index (χ3v) is 4.84. The van der Waals surface area contributed by atoms with Crippen LogP contribution in [0.2, 0.25) is 0 Å². The predicted octanol–water partition coefficient (Wildman–Crippen LogP) is 1.80. The lowest BCUT2D eigenvalue weighted by atomic mass is 10.3. The van der Waals surface area contributed by atoms with Crippen LogP contribution in [0.3, 0.4) is 0 Å². The van der Waals surface area contributed by atoms with Gasteiger partial charge in [0.15, 0.2) is 5.69 Å². The van der Waals surface area contributed by atoms with Gasteiger partial charge in [0, 0.05) is 12.6 Å². The first kappa shape index (κ1) is 14.2. The molecule has 0 spiro atoms. The Balaban J connectivity index is 2.28. The number of hydrogen-bond donors (Lipinski definition) is 2. The lowest BCUT2D eigenvalue weighted by molar-refractivity contribution is 0.147. The van der Waals surface area contributed by atoms with E-state index in [4.69, 9.17) is 0 Å². The molecular formula is C10H16F2N4O2S. The van der Waals surface area contributed by atoms with Crippen molar-refractivity contribution < 1.29 is 17.2 Å². The van der Waals surface area contributed by atoms with E-state index in [1.54, 1.807) is 6.92 Å². The Morgan fingerprint density at radius 2 is 2.21 bits per heavy atom. The number of hydrogen-bond acceptors (Lipinski definition) is 3. The van der Waals surface area contributed by atoms with Gasteiger partial charge in [0.25, 0.3) is 6.43 Å². The summed E-state index contributed by atoms with van der Waals surface area (Å²) in [5.74, 6) is 0. The van der Waals surface area contributed by atoms with Crippen LogP contribution in [-0.2, 0) is 10.2 Å². The van der Waals surface area contributed by atoms with Crippen molar-refractivity contribution in [1.82, 2.24) is 14.5 Å². The standard InChI is InChI=1S/C10H16F2N4O2S/c1-6-4-3-5-16(6)19(17,18)15-8-7(2)13-14-9(8)10(11)12/h6,10,15H,3-5H2,1-2H3,(H,13,14). The first-order chi connectivity index (χ1) is 8.83. The SMILES string of the molecule is Cc1[nH]nc(C(F)F)c1NS(=O)(=O)N1CCCC1C. The summed E-state index contributed by atoms with van der Waals surface area (Å²) >= 11 is 0. The molecule has 0 bridgehead atoms. The second kappa shape index (κ2) is 5.04. The highest BCUT2D eigenvalue weighted by molar-refractivity contribution is 7.90. The Kier molecular flexibility index (Phi) is 3.77. The molecule has 2 rings (SSSR count). The number of H-pyrrole nitrogens is 1. The largest absolute Gasteiger partial charge is 0.302 e.